The van der Waals surface area contributed by atoms with Crippen LogP contribution in [0.5, 0.6) is 0 Å². The minimum absolute atomic E-state index is 0.0116. The zero-order valence-corrected chi connectivity index (χ0v) is 18.1. The summed E-state index contributed by atoms with van der Waals surface area (Å²) in [5, 5.41) is 9.32. The van der Waals surface area contributed by atoms with Gasteiger partial charge in [0.2, 0.25) is 5.95 Å². The molecule has 4 aromatic rings. The Bertz CT molecular complexity index is 1390. The number of pyridine rings is 1. The van der Waals surface area contributed by atoms with Crippen molar-refractivity contribution in [1.29, 1.82) is 5.26 Å². The first-order valence-corrected chi connectivity index (χ1v) is 9.85. The lowest BCUT2D eigenvalue weighted by Gasteiger charge is -2.14. The van der Waals surface area contributed by atoms with Gasteiger partial charge in [0.15, 0.2) is 0 Å². The molecule has 0 aliphatic heterocycles. The summed E-state index contributed by atoms with van der Waals surface area (Å²) in [4.78, 5) is 28.7. The summed E-state index contributed by atoms with van der Waals surface area (Å²) in [5.41, 5.74) is 18.0. The maximum absolute atomic E-state index is 12.9. The third kappa shape index (κ3) is 4.28. The van der Waals surface area contributed by atoms with Gasteiger partial charge in [-0.25, -0.2) is 4.98 Å². The van der Waals surface area contributed by atoms with Gasteiger partial charge in [-0.05, 0) is 30.7 Å². The van der Waals surface area contributed by atoms with E-state index in [4.69, 9.17) is 34.1 Å². The molecule has 1 aromatic carbocycles. The SMILES string of the molecule is CCc1nc2cccc(Cl)c2c(=O)n1-c1cnccc1C.N#Cc1c(N)nc(N)nc1N. The topological polar surface area (TPSA) is 175 Å². The maximum atomic E-state index is 12.9. The normalized spacial score (nSPS) is 10.3. The quantitative estimate of drug-likeness (QED) is 0.414. The Kier molecular flexibility index (Phi) is 6.51. The molecule has 0 saturated heterocycles. The second-order valence-corrected chi connectivity index (χ2v) is 7.06. The Labute approximate surface area is 188 Å². The van der Waals surface area contributed by atoms with Crippen molar-refractivity contribution in [3.8, 4) is 11.8 Å². The zero-order chi connectivity index (χ0) is 23.4. The Morgan fingerprint density at radius 1 is 1.12 bits per heavy atom. The van der Waals surface area contributed by atoms with Gasteiger partial charge < -0.3 is 17.2 Å². The van der Waals surface area contributed by atoms with Crippen LogP contribution in [0.15, 0.2) is 41.5 Å². The predicted octanol–water partition coefficient (Wildman–Crippen LogP) is 2.40. The van der Waals surface area contributed by atoms with Gasteiger partial charge in [0.05, 0.1) is 27.8 Å². The Balaban J connectivity index is 0.000000222. The van der Waals surface area contributed by atoms with Crippen LogP contribution in [0.1, 0.15) is 23.9 Å². The summed E-state index contributed by atoms with van der Waals surface area (Å²) in [6.07, 6.45) is 4.03. The van der Waals surface area contributed by atoms with E-state index in [0.29, 0.717) is 28.2 Å². The number of hydrogen-bond donors (Lipinski definition) is 3. The van der Waals surface area contributed by atoms with Crippen molar-refractivity contribution in [3.05, 3.63) is 69.0 Å². The highest BCUT2D eigenvalue weighted by molar-refractivity contribution is 6.35. The van der Waals surface area contributed by atoms with Gasteiger partial charge in [-0.3, -0.25) is 14.3 Å². The lowest BCUT2D eigenvalue weighted by Crippen LogP contribution is -2.24. The molecular weight excluding hydrogens is 430 g/mol. The van der Waals surface area contributed by atoms with Crippen LogP contribution in [-0.2, 0) is 6.42 Å². The van der Waals surface area contributed by atoms with Crippen LogP contribution < -0.4 is 22.8 Å². The van der Waals surface area contributed by atoms with Crippen molar-refractivity contribution in [3.63, 3.8) is 0 Å². The van der Waals surface area contributed by atoms with Crippen molar-refractivity contribution in [2.45, 2.75) is 20.3 Å². The molecule has 0 radical (unpaired) electrons. The molecule has 0 amide bonds. The van der Waals surface area contributed by atoms with E-state index >= 15 is 0 Å². The number of fused-ring (bicyclic) bond motifs is 1. The van der Waals surface area contributed by atoms with Gasteiger partial charge in [0, 0.05) is 12.6 Å². The van der Waals surface area contributed by atoms with Crippen molar-refractivity contribution >= 4 is 40.1 Å². The first-order valence-electron chi connectivity index (χ1n) is 9.48. The molecule has 0 aliphatic carbocycles. The molecule has 162 valence electrons. The van der Waals surface area contributed by atoms with Crippen LogP contribution in [0.25, 0.3) is 16.6 Å². The van der Waals surface area contributed by atoms with E-state index in [1.54, 1.807) is 35.2 Å². The number of nitrogens with two attached hydrogens (primary N) is 3. The molecule has 0 unspecified atom stereocenters. The fourth-order valence-electron chi connectivity index (χ4n) is 3.04. The van der Waals surface area contributed by atoms with Crippen LogP contribution in [0.3, 0.4) is 0 Å². The summed E-state index contributed by atoms with van der Waals surface area (Å²) >= 11 is 6.19. The lowest BCUT2D eigenvalue weighted by molar-refractivity contribution is 0.825. The third-order valence-corrected chi connectivity index (χ3v) is 4.89. The minimum atomic E-state index is -0.154. The van der Waals surface area contributed by atoms with E-state index in [9.17, 15) is 4.79 Å². The molecular formula is C21H20ClN9O. The van der Waals surface area contributed by atoms with Crippen molar-refractivity contribution in [2.75, 3.05) is 17.2 Å². The molecule has 0 bridgehead atoms. The van der Waals surface area contributed by atoms with Crippen LogP contribution in [-0.4, -0.2) is 24.5 Å². The summed E-state index contributed by atoms with van der Waals surface area (Å²) in [7, 11) is 0. The van der Waals surface area contributed by atoms with Crippen molar-refractivity contribution in [1.82, 2.24) is 24.5 Å². The Hall–Kier alpha value is -4.23. The number of aromatic nitrogens is 5. The number of hydrogen-bond acceptors (Lipinski definition) is 9. The summed E-state index contributed by atoms with van der Waals surface area (Å²) in [6.45, 7) is 3.92. The molecule has 10 nitrogen and oxygen atoms in total. The highest BCUT2D eigenvalue weighted by Crippen LogP contribution is 2.21. The summed E-state index contributed by atoms with van der Waals surface area (Å²) < 4.78 is 1.61. The number of anilines is 3. The third-order valence-electron chi connectivity index (χ3n) is 4.58. The number of halogens is 1. The maximum Gasteiger partial charge on any atom is 0.267 e. The molecule has 3 aromatic heterocycles. The van der Waals surface area contributed by atoms with Gasteiger partial charge in [0.25, 0.3) is 5.56 Å². The fraction of sp³-hybridized carbons (Fsp3) is 0.143. The number of nitrogens with zero attached hydrogens (tertiary/aromatic N) is 6. The highest BCUT2D eigenvalue weighted by atomic mass is 35.5. The van der Waals surface area contributed by atoms with Gasteiger partial charge in [-0.15, -0.1) is 0 Å². The standard InChI is InChI=1S/C16H14ClN3O.C5H6N6/c1-3-14-19-12-6-4-5-11(17)15(12)16(21)20(14)13-9-18-8-7-10(13)2;6-1-2-3(7)10-5(9)11-4(2)8/h4-9H,3H2,1-2H3;(H6,7,8,9,10,11). The zero-order valence-electron chi connectivity index (χ0n) is 17.4. The fourth-order valence-corrected chi connectivity index (χ4v) is 3.29. The minimum Gasteiger partial charge on any atom is -0.382 e. The molecule has 0 spiro atoms. The molecule has 11 heteroatoms. The molecule has 0 atom stereocenters. The van der Waals surface area contributed by atoms with Crippen LogP contribution in [0.4, 0.5) is 17.6 Å². The Morgan fingerprint density at radius 3 is 2.41 bits per heavy atom. The second-order valence-electron chi connectivity index (χ2n) is 6.66. The van der Waals surface area contributed by atoms with E-state index in [-0.39, 0.29) is 28.7 Å². The van der Waals surface area contributed by atoms with Gasteiger partial charge in [-0.1, -0.05) is 24.6 Å². The van der Waals surface area contributed by atoms with Gasteiger partial charge in [0.1, 0.15) is 29.1 Å². The number of nitrogen functional groups attached to an aromatic ring is 3. The number of aryl methyl sites for hydroxylation is 2. The molecule has 6 N–H and O–H groups in total. The predicted molar refractivity (Wildman–Crippen MR) is 124 cm³/mol. The van der Waals surface area contributed by atoms with Crippen LogP contribution >= 0.6 is 11.6 Å². The molecule has 3 heterocycles. The van der Waals surface area contributed by atoms with E-state index in [0.717, 1.165) is 11.3 Å². The first-order chi connectivity index (χ1) is 15.3. The largest absolute Gasteiger partial charge is 0.382 e. The van der Waals surface area contributed by atoms with Gasteiger partial charge >= 0.3 is 0 Å². The van der Waals surface area contributed by atoms with E-state index in [2.05, 4.69) is 19.9 Å². The van der Waals surface area contributed by atoms with Crippen LogP contribution in [0.2, 0.25) is 5.02 Å². The smallest absolute Gasteiger partial charge is 0.267 e. The highest BCUT2D eigenvalue weighted by Gasteiger charge is 2.15. The molecule has 0 fully saturated rings. The number of benzene rings is 1. The van der Waals surface area contributed by atoms with E-state index in [1.807, 2.05) is 26.0 Å². The number of nitriles is 1. The van der Waals surface area contributed by atoms with Crippen molar-refractivity contribution < 1.29 is 0 Å². The summed E-state index contributed by atoms with van der Waals surface area (Å²) in [5.74, 6) is 0.694. The average Bonchev–Trinajstić information content (AvgIpc) is 2.74. The van der Waals surface area contributed by atoms with Crippen molar-refractivity contribution in [2.24, 2.45) is 0 Å². The van der Waals surface area contributed by atoms with E-state index < -0.39 is 0 Å². The second kappa shape index (κ2) is 9.28. The Morgan fingerprint density at radius 2 is 1.81 bits per heavy atom. The van der Waals surface area contributed by atoms with E-state index in [1.165, 1.54) is 0 Å². The number of rotatable bonds is 2. The molecule has 4 rings (SSSR count). The molecule has 32 heavy (non-hydrogen) atoms. The lowest BCUT2D eigenvalue weighted by atomic mass is 10.2. The monoisotopic (exact) mass is 449 g/mol. The average molecular weight is 450 g/mol. The molecule has 0 aliphatic rings. The van der Waals surface area contributed by atoms with Gasteiger partial charge in [-0.2, -0.15) is 15.2 Å². The van der Waals surface area contributed by atoms with Crippen LogP contribution in [0, 0.1) is 18.3 Å². The molecule has 0 saturated carbocycles. The summed E-state index contributed by atoms with van der Waals surface area (Å²) in [6, 6.07) is 8.95. The first kappa shape index (κ1) is 22.5.